The molecule has 0 unspecified atom stereocenters. The van der Waals surface area contributed by atoms with Gasteiger partial charge in [-0.15, -0.1) is 0 Å². The molecule has 1 aliphatic carbocycles. The number of anilines is 1. The second-order valence-electron chi connectivity index (χ2n) is 5.02. The van der Waals surface area contributed by atoms with Gasteiger partial charge in [-0.3, -0.25) is 0 Å². The van der Waals surface area contributed by atoms with Crippen LogP contribution in [0.1, 0.15) is 36.8 Å². The molecule has 1 saturated carbocycles. The van der Waals surface area contributed by atoms with Crippen molar-refractivity contribution in [2.45, 2.75) is 51.6 Å². The van der Waals surface area contributed by atoms with Gasteiger partial charge in [0.15, 0.2) is 0 Å². The summed E-state index contributed by atoms with van der Waals surface area (Å²) in [6, 6.07) is 7.31. The fraction of sp³-hybridized carbons (Fsp3) is 0.571. The number of hydrogen-bond acceptors (Lipinski definition) is 2. The van der Waals surface area contributed by atoms with Gasteiger partial charge in [0.05, 0.1) is 0 Å². The van der Waals surface area contributed by atoms with Crippen LogP contribution in [0.2, 0.25) is 0 Å². The number of aryl methyl sites for hydroxylation is 2. The van der Waals surface area contributed by atoms with Crippen LogP contribution in [0.4, 0.5) is 5.69 Å². The lowest BCUT2D eigenvalue weighted by atomic mass is 9.90. The molecule has 0 bridgehead atoms. The van der Waals surface area contributed by atoms with E-state index < -0.39 is 0 Å². The van der Waals surface area contributed by atoms with Gasteiger partial charge in [-0.05, 0) is 43.9 Å². The molecule has 1 aromatic carbocycles. The van der Waals surface area contributed by atoms with E-state index in [9.17, 15) is 0 Å². The average molecular weight is 218 g/mol. The van der Waals surface area contributed by atoms with Crippen molar-refractivity contribution in [3.63, 3.8) is 0 Å². The molecule has 1 aliphatic rings. The summed E-state index contributed by atoms with van der Waals surface area (Å²) >= 11 is 0. The molecular formula is C14H22N2. The minimum Gasteiger partial charge on any atom is -0.381 e. The van der Waals surface area contributed by atoms with Gasteiger partial charge in [-0.1, -0.05) is 25.0 Å². The number of nitrogens with one attached hydrogen (secondary N) is 1. The molecule has 0 amide bonds. The zero-order valence-electron chi connectivity index (χ0n) is 10.3. The first-order valence-electron chi connectivity index (χ1n) is 6.26. The van der Waals surface area contributed by atoms with Crippen LogP contribution in [0.15, 0.2) is 18.2 Å². The van der Waals surface area contributed by atoms with Gasteiger partial charge in [0.1, 0.15) is 0 Å². The van der Waals surface area contributed by atoms with Crippen molar-refractivity contribution in [1.29, 1.82) is 0 Å². The monoisotopic (exact) mass is 218 g/mol. The van der Waals surface area contributed by atoms with Crippen LogP contribution in [0, 0.1) is 13.8 Å². The summed E-state index contributed by atoms with van der Waals surface area (Å²) in [7, 11) is 0. The zero-order chi connectivity index (χ0) is 11.5. The molecule has 2 heteroatoms. The predicted octanol–water partition coefficient (Wildman–Crippen LogP) is 2.99. The minimum absolute atomic E-state index is 0.314. The fourth-order valence-corrected chi connectivity index (χ4v) is 2.43. The highest BCUT2D eigenvalue weighted by molar-refractivity contribution is 5.53. The van der Waals surface area contributed by atoms with Crippen molar-refractivity contribution in [1.82, 2.24) is 0 Å². The molecule has 0 aliphatic heterocycles. The van der Waals surface area contributed by atoms with Crippen LogP contribution in [0.5, 0.6) is 0 Å². The lowest BCUT2D eigenvalue weighted by Crippen LogP contribution is -2.42. The Morgan fingerprint density at radius 3 is 2.69 bits per heavy atom. The van der Waals surface area contributed by atoms with Gasteiger partial charge in [0, 0.05) is 17.8 Å². The molecule has 0 heterocycles. The third-order valence-corrected chi connectivity index (χ3v) is 3.55. The topological polar surface area (TPSA) is 38.0 Å². The molecular weight excluding hydrogens is 196 g/mol. The Labute approximate surface area is 98.2 Å². The maximum atomic E-state index is 6.15. The summed E-state index contributed by atoms with van der Waals surface area (Å²) in [5.74, 6) is 0. The van der Waals surface area contributed by atoms with E-state index in [4.69, 9.17) is 5.73 Å². The van der Waals surface area contributed by atoms with Crippen molar-refractivity contribution < 1.29 is 0 Å². The van der Waals surface area contributed by atoms with E-state index in [0.29, 0.717) is 12.1 Å². The van der Waals surface area contributed by atoms with Gasteiger partial charge < -0.3 is 11.1 Å². The molecule has 16 heavy (non-hydrogen) atoms. The summed E-state index contributed by atoms with van der Waals surface area (Å²) in [6.07, 6.45) is 4.94. The molecule has 2 atom stereocenters. The number of benzene rings is 1. The third-order valence-electron chi connectivity index (χ3n) is 3.55. The highest BCUT2D eigenvalue weighted by atomic mass is 15.0. The molecule has 2 nitrogen and oxygen atoms in total. The predicted molar refractivity (Wildman–Crippen MR) is 69.8 cm³/mol. The Morgan fingerprint density at radius 2 is 1.94 bits per heavy atom. The van der Waals surface area contributed by atoms with E-state index in [1.807, 2.05) is 0 Å². The van der Waals surface area contributed by atoms with Crippen molar-refractivity contribution in [3.05, 3.63) is 29.3 Å². The largest absolute Gasteiger partial charge is 0.381 e. The van der Waals surface area contributed by atoms with E-state index in [-0.39, 0.29) is 0 Å². The number of rotatable bonds is 2. The van der Waals surface area contributed by atoms with Crippen molar-refractivity contribution in [2.24, 2.45) is 5.73 Å². The molecule has 0 spiro atoms. The van der Waals surface area contributed by atoms with Crippen LogP contribution in [-0.4, -0.2) is 12.1 Å². The van der Waals surface area contributed by atoms with Crippen molar-refractivity contribution in [3.8, 4) is 0 Å². The summed E-state index contributed by atoms with van der Waals surface area (Å²) in [5, 5.41) is 3.61. The van der Waals surface area contributed by atoms with Gasteiger partial charge >= 0.3 is 0 Å². The summed E-state index contributed by atoms with van der Waals surface area (Å²) in [6.45, 7) is 4.28. The van der Waals surface area contributed by atoms with Gasteiger partial charge in [-0.25, -0.2) is 0 Å². The molecule has 1 aromatic rings. The van der Waals surface area contributed by atoms with Crippen LogP contribution in [-0.2, 0) is 0 Å². The molecule has 3 N–H and O–H groups in total. The SMILES string of the molecule is Cc1ccc(C)c(N[C@@H]2CCCC[C@@H]2N)c1. The molecule has 2 rings (SSSR count). The van der Waals surface area contributed by atoms with E-state index in [2.05, 4.69) is 37.4 Å². The number of hydrogen-bond donors (Lipinski definition) is 2. The first kappa shape index (κ1) is 11.5. The maximum absolute atomic E-state index is 6.15. The lowest BCUT2D eigenvalue weighted by Gasteiger charge is -2.30. The van der Waals surface area contributed by atoms with E-state index in [1.54, 1.807) is 0 Å². The molecule has 88 valence electrons. The second kappa shape index (κ2) is 4.88. The van der Waals surface area contributed by atoms with E-state index in [0.717, 1.165) is 6.42 Å². The Balaban J connectivity index is 2.10. The zero-order valence-corrected chi connectivity index (χ0v) is 10.3. The van der Waals surface area contributed by atoms with Crippen LogP contribution < -0.4 is 11.1 Å². The Bertz CT molecular complexity index is 360. The highest BCUT2D eigenvalue weighted by Gasteiger charge is 2.21. The lowest BCUT2D eigenvalue weighted by molar-refractivity contribution is 0.404. The second-order valence-corrected chi connectivity index (χ2v) is 5.02. The van der Waals surface area contributed by atoms with Gasteiger partial charge in [-0.2, -0.15) is 0 Å². The standard InChI is InChI=1S/C14H22N2/c1-10-7-8-11(2)14(9-10)16-13-6-4-3-5-12(13)15/h7-9,12-13,16H,3-6,15H2,1-2H3/t12-,13+/m0/s1. The first-order chi connectivity index (χ1) is 7.66. The molecule has 1 fully saturated rings. The normalized spacial score (nSPS) is 25.4. The third kappa shape index (κ3) is 2.56. The Hall–Kier alpha value is -1.02. The number of nitrogens with two attached hydrogens (primary N) is 1. The Morgan fingerprint density at radius 1 is 1.19 bits per heavy atom. The maximum Gasteiger partial charge on any atom is 0.0412 e. The van der Waals surface area contributed by atoms with E-state index in [1.165, 1.54) is 36.1 Å². The quantitative estimate of drug-likeness (QED) is 0.801. The van der Waals surface area contributed by atoms with Gasteiger partial charge in [0.25, 0.3) is 0 Å². The molecule has 0 radical (unpaired) electrons. The Kier molecular flexibility index (Phi) is 3.49. The summed E-state index contributed by atoms with van der Waals surface area (Å²) < 4.78 is 0. The van der Waals surface area contributed by atoms with Crippen molar-refractivity contribution in [2.75, 3.05) is 5.32 Å². The van der Waals surface area contributed by atoms with Crippen LogP contribution in [0.3, 0.4) is 0 Å². The molecule has 0 aromatic heterocycles. The average Bonchev–Trinajstić information content (AvgIpc) is 2.27. The van der Waals surface area contributed by atoms with E-state index >= 15 is 0 Å². The van der Waals surface area contributed by atoms with Gasteiger partial charge in [0.2, 0.25) is 0 Å². The van der Waals surface area contributed by atoms with Crippen molar-refractivity contribution >= 4 is 5.69 Å². The van der Waals surface area contributed by atoms with Crippen LogP contribution in [0.25, 0.3) is 0 Å². The molecule has 0 saturated heterocycles. The van der Waals surface area contributed by atoms with Crippen LogP contribution >= 0.6 is 0 Å². The first-order valence-corrected chi connectivity index (χ1v) is 6.26. The summed E-state index contributed by atoms with van der Waals surface area (Å²) in [5.41, 5.74) is 10.0. The minimum atomic E-state index is 0.314. The highest BCUT2D eigenvalue weighted by Crippen LogP contribution is 2.23. The summed E-state index contributed by atoms with van der Waals surface area (Å²) in [4.78, 5) is 0. The fourth-order valence-electron chi connectivity index (χ4n) is 2.43. The smallest absolute Gasteiger partial charge is 0.0412 e.